The number of hydrogen-bond acceptors (Lipinski definition) is 3. The van der Waals surface area contributed by atoms with Gasteiger partial charge in [-0.2, -0.15) is 0 Å². The van der Waals surface area contributed by atoms with Crippen LogP contribution >= 0.6 is 0 Å². The molecule has 4 heteroatoms. The SMILES string of the molecule is CNC(C)(C)C(=O)N(Cc1cccc(O)c1)C1CC1. The fourth-order valence-electron chi connectivity index (χ4n) is 2.07. The quantitative estimate of drug-likeness (QED) is 0.852. The molecule has 0 spiro atoms. The van der Waals surface area contributed by atoms with Gasteiger partial charge in [-0.15, -0.1) is 0 Å². The summed E-state index contributed by atoms with van der Waals surface area (Å²) in [5, 5.41) is 12.6. The molecule has 0 bridgehead atoms. The number of phenolic OH excluding ortho intramolecular Hbond substituents is 1. The van der Waals surface area contributed by atoms with Crippen LogP contribution in [0, 0.1) is 0 Å². The number of likely N-dealkylation sites (N-methyl/N-ethyl adjacent to an activating group) is 1. The van der Waals surface area contributed by atoms with E-state index in [0.29, 0.717) is 12.6 Å². The molecule has 1 aromatic carbocycles. The van der Waals surface area contributed by atoms with Crippen molar-refractivity contribution >= 4 is 5.91 Å². The normalized spacial score (nSPS) is 15.3. The topological polar surface area (TPSA) is 52.6 Å². The fraction of sp³-hybridized carbons (Fsp3) is 0.533. The molecule has 0 aromatic heterocycles. The zero-order valence-electron chi connectivity index (χ0n) is 11.8. The lowest BCUT2D eigenvalue weighted by Gasteiger charge is -2.32. The molecule has 0 saturated heterocycles. The van der Waals surface area contributed by atoms with Crippen molar-refractivity contribution in [1.82, 2.24) is 10.2 Å². The second-order valence-corrected chi connectivity index (χ2v) is 5.71. The van der Waals surface area contributed by atoms with Gasteiger partial charge in [0.1, 0.15) is 5.75 Å². The second-order valence-electron chi connectivity index (χ2n) is 5.71. The molecule has 1 amide bonds. The average molecular weight is 262 g/mol. The van der Waals surface area contributed by atoms with E-state index < -0.39 is 5.54 Å². The second kappa shape index (κ2) is 5.21. The minimum absolute atomic E-state index is 0.112. The molecule has 0 atom stereocenters. The first-order chi connectivity index (χ1) is 8.94. The summed E-state index contributed by atoms with van der Waals surface area (Å²) >= 11 is 0. The zero-order valence-corrected chi connectivity index (χ0v) is 11.8. The maximum absolute atomic E-state index is 12.6. The minimum atomic E-state index is -0.556. The van der Waals surface area contributed by atoms with Gasteiger partial charge >= 0.3 is 0 Å². The van der Waals surface area contributed by atoms with Gasteiger partial charge in [-0.25, -0.2) is 0 Å². The van der Waals surface area contributed by atoms with Crippen molar-refractivity contribution < 1.29 is 9.90 Å². The first kappa shape index (κ1) is 13.9. The average Bonchev–Trinajstić information content (AvgIpc) is 3.19. The van der Waals surface area contributed by atoms with Crippen LogP contribution in [0.25, 0.3) is 0 Å². The number of nitrogens with one attached hydrogen (secondary N) is 1. The van der Waals surface area contributed by atoms with Crippen LogP contribution in [0.1, 0.15) is 32.3 Å². The van der Waals surface area contributed by atoms with Gasteiger partial charge in [0.15, 0.2) is 0 Å². The van der Waals surface area contributed by atoms with Gasteiger partial charge in [0, 0.05) is 12.6 Å². The Morgan fingerprint density at radius 3 is 2.68 bits per heavy atom. The lowest BCUT2D eigenvalue weighted by atomic mass is 10.0. The van der Waals surface area contributed by atoms with E-state index in [1.165, 1.54) is 0 Å². The standard InChI is InChI=1S/C15H22N2O2/c1-15(2,16-3)14(19)17(12-7-8-12)10-11-5-4-6-13(18)9-11/h4-6,9,12,16,18H,7-8,10H2,1-3H3. The molecule has 19 heavy (non-hydrogen) atoms. The number of carbonyl (C=O) groups is 1. The number of rotatable bonds is 5. The van der Waals surface area contributed by atoms with Crippen LogP contribution < -0.4 is 5.32 Å². The summed E-state index contributed by atoms with van der Waals surface area (Å²) in [6, 6.07) is 7.46. The Kier molecular flexibility index (Phi) is 3.80. The van der Waals surface area contributed by atoms with Crippen LogP contribution in [0.5, 0.6) is 5.75 Å². The van der Waals surface area contributed by atoms with Crippen LogP contribution in [0.2, 0.25) is 0 Å². The van der Waals surface area contributed by atoms with Gasteiger partial charge in [-0.05, 0) is 51.4 Å². The molecule has 104 valence electrons. The third-order valence-corrected chi connectivity index (χ3v) is 3.67. The largest absolute Gasteiger partial charge is 0.508 e. The van der Waals surface area contributed by atoms with Crippen molar-refractivity contribution in [1.29, 1.82) is 0 Å². The Balaban J connectivity index is 2.15. The van der Waals surface area contributed by atoms with E-state index in [4.69, 9.17) is 0 Å². The summed E-state index contributed by atoms with van der Waals surface area (Å²) in [5.74, 6) is 0.356. The van der Waals surface area contributed by atoms with Crippen molar-refractivity contribution in [3.8, 4) is 5.75 Å². The molecule has 1 aliphatic carbocycles. The number of carbonyl (C=O) groups excluding carboxylic acids is 1. The van der Waals surface area contributed by atoms with E-state index in [2.05, 4.69) is 5.32 Å². The number of aromatic hydroxyl groups is 1. The highest BCUT2D eigenvalue weighted by atomic mass is 16.3. The minimum Gasteiger partial charge on any atom is -0.508 e. The van der Waals surface area contributed by atoms with E-state index >= 15 is 0 Å². The molecule has 0 unspecified atom stereocenters. The molecule has 0 radical (unpaired) electrons. The predicted octanol–water partition coefficient (Wildman–Crippen LogP) is 1.88. The fourth-order valence-corrected chi connectivity index (χ4v) is 2.07. The number of amides is 1. The van der Waals surface area contributed by atoms with Gasteiger partial charge in [0.25, 0.3) is 0 Å². The highest BCUT2D eigenvalue weighted by molar-refractivity contribution is 5.86. The van der Waals surface area contributed by atoms with Crippen molar-refractivity contribution in [2.24, 2.45) is 0 Å². The number of hydrogen-bond donors (Lipinski definition) is 2. The Labute approximate surface area is 114 Å². The van der Waals surface area contributed by atoms with Gasteiger partial charge < -0.3 is 15.3 Å². The summed E-state index contributed by atoms with van der Waals surface area (Å²) in [5.41, 5.74) is 0.409. The van der Waals surface area contributed by atoms with E-state index in [9.17, 15) is 9.90 Å². The van der Waals surface area contributed by atoms with Gasteiger partial charge in [0.2, 0.25) is 5.91 Å². The van der Waals surface area contributed by atoms with Gasteiger partial charge in [-0.3, -0.25) is 4.79 Å². The monoisotopic (exact) mass is 262 g/mol. The molecule has 2 rings (SSSR count). The lowest BCUT2D eigenvalue weighted by molar-refractivity contribution is -0.138. The molecule has 0 heterocycles. The molecule has 1 saturated carbocycles. The highest BCUT2D eigenvalue weighted by Gasteiger charge is 2.38. The molecular formula is C15H22N2O2. The number of nitrogens with zero attached hydrogens (tertiary/aromatic N) is 1. The van der Waals surface area contributed by atoms with Gasteiger partial charge in [0.05, 0.1) is 5.54 Å². The Bertz CT molecular complexity index is 467. The lowest BCUT2D eigenvalue weighted by Crippen LogP contribution is -2.53. The van der Waals surface area contributed by atoms with Crippen LogP contribution in [-0.4, -0.2) is 34.5 Å². The third kappa shape index (κ3) is 3.26. The van der Waals surface area contributed by atoms with Crippen molar-refractivity contribution in [2.75, 3.05) is 7.05 Å². The number of benzene rings is 1. The van der Waals surface area contributed by atoms with Crippen LogP contribution in [0.15, 0.2) is 24.3 Å². The Hall–Kier alpha value is -1.55. The van der Waals surface area contributed by atoms with Gasteiger partial charge in [-0.1, -0.05) is 12.1 Å². The summed E-state index contributed by atoms with van der Waals surface area (Å²) in [6.45, 7) is 4.35. The van der Waals surface area contributed by atoms with E-state index in [1.807, 2.05) is 30.9 Å². The van der Waals surface area contributed by atoms with E-state index in [-0.39, 0.29) is 11.7 Å². The van der Waals surface area contributed by atoms with Crippen molar-refractivity contribution in [2.45, 2.75) is 44.8 Å². The molecule has 1 fully saturated rings. The third-order valence-electron chi connectivity index (χ3n) is 3.67. The molecular weight excluding hydrogens is 240 g/mol. The van der Waals surface area contributed by atoms with E-state index in [1.54, 1.807) is 19.2 Å². The highest BCUT2D eigenvalue weighted by Crippen LogP contribution is 2.30. The maximum atomic E-state index is 12.6. The predicted molar refractivity (Wildman–Crippen MR) is 74.8 cm³/mol. The van der Waals surface area contributed by atoms with Crippen LogP contribution in [0.4, 0.5) is 0 Å². The Morgan fingerprint density at radius 2 is 2.16 bits per heavy atom. The van der Waals surface area contributed by atoms with Crippen molar-refractivity contribution in [3.63, 3.8) is 0 Å². The molecule has 2 N–H and O–H groups in total. The maximum Gasteiger partial charge on any atom is 0.242 e. The Morgan fingerprint density at radius 1 is 1.47 bits per heavy atom. The summed E-state index contributed by atoms with van der Waals surface area (Å²) in [6.07, 6.45) is 2.15. The van der Waals surface area contributed by atoms with E-state index in [0.717, 1.165) is 18.4 Å². The molecule has 0 aliphatic heterocycles. The van der Waals surface area contributed by atoms with Crippen LogP contribution in [0.3, 0.4) is 0 Å². The first-order valence-electron chi connectivity index (χ1n) is 6.72. The molecule has 1 aliphatic rings. The summed E-state index contributed by atoms with van der Waals surface area (Å²) in [7, 11) is 1.80. The van der Waals surface area contributed by atoms with Crippen molar-refractivity contribution in [3.05, 3.63) is 29.8 Å². The smallest absolute Gasteiger partial charge is 0.242 e. The zero-order chi connectivity index (χ0) is 14.0. The van der Waals surface area contributed by atoms with Crippen LogP contribution in [-0.2, 0) is 11.3 Å². The molecule has 4 nitrogen and oxygen atoms in total. The molecule has 1 aromatic rings. The number of phenols is 1. The first-order valence-corrected chi connectivity index (χ1v) is 6.72. The summed E-state index contributed by atoms with van der Waals surface area (Å²) < 4.78 is 0. The summed E-state index contributed by atoms with van der Waals surface area (Å²) in [4.78, 5) is 14.5.